The molecule has 0 aliphatic heterocycles. The summed E-state index contributed by atoms with van der Waals surface area (Å²) in [5.74, 6) is -1.17. The minimum absolute atomic E-state index is 0.0475. The van der Waals surface area contributed by atoms with E-state index in [9.17, 15) is 14.4 Å². The van der Waals surface area contributed by atoms with Crippen molar-refractivity contribution in [3.05, 3.63) is 130 Å². The molecule has 3 aromatic carbocycles. The van der Waals surface area contributed by atoms with Crippen LogP contribution >= 0.6 is 46.3 Å². The van der Waals surface area contributed by atoms with Gasteiger partial charge >= 0.3 is 0 Å². The lowest BCUT2D eigenvalue weighted by molar-refractivity contribution is -0.115. The lowest BCUT2D eigenvalue weighted by atomic mass is 10.2. The SMILES string of the molecule is CC(Sc1cccc(NC(=O)/C(=C/c2cccnc2)NC(=O)c2ccccc2)c1)C(=O)Nc1nc(-c2ccc(Cl)c(Cl)c2)cs1. The number of pyridine rings is 1. The molecule has 0 saturated heterocycles. The largest absolute Gasteiger partial charge is 0.321 e. The maximum absolute atomic E-state index is 13.4. The third-order valence-corrected chi connectivity index (χ3v) is 8.84. The van der Waals surface area contributed by atoms with E-state index in [1.807, 2.05) is 17.5 Å². The predicted octanol–water partition coefficient (Wildman–Crippen LogP) is 8.04. The second-order valence-corrected chi connectivity index (χ2v) is 12.6. The second kappa shape index (κ2) is 15.0. The van der Waals surface area contributed by atoms with Gasteiger partial charge in [0, 0.05) is 39.5 Å². The van der Waals surface area contributed by atoms with Crippen molar-refractivity contribution in [2.75, 3.05) is 10.6 Å². The van der Waals surface area contributed by atoms with Crippen LogP contribution in [0.3, 0.4) is 0 Å². The zero-order valence-corrected chi connectivity index (χ0v) is 26.8. The molecule has 0 aliphatic rings. The van der Waals surface area contributed by atoms with Gasteiger partial charge in [-0.15, -0.1) is 23.1 Å². The molecule has 1 unspecified atom stereocenters. The highest BCUT2D eigenvalue weighted by Gasteiger charge is 2.19. The highest BCUT2D eigenvalue weighted by atomic mass is 35.5. The van der Waals surface area contributed by atoms with E-state index in [0.29, 0.717) is 37.7 Å². The monoisotopic (exact) mass is 673 g/mol. The van der Waals surface area contributed by atoms with Gasteiger partial charge in [-0.05, 0) is 67.1 Å². The molecule has 0 fully saturated rings. The Bertz CT molecular complexity index is 1870. The van der Waals surface area contributed by atoms with E-state index >= 15 is 0 Å². The first-order valence-electron chi connectivity index (χ1n) is 13.5. The molecule has 8 nitrogen and oxygen atoms in total. The number of anilines is 2. The normalized spacial score (nSPS) is 11.8. The Morgan fingerprint density at radius 2 is 1.73 bits per heavy atom. The first-order chi connectivity index (χ1) is 21.7. The number of thiazole rings is 1. The van der Waals surface area contributed by atoms with E-state index < -0.39 is 17.1 Å². The van der Waals surface area contributed by atoms with Crippen LogP contribution in [0.25, 0.3) is 17.3 Å². The molecule has 45 heavy (non-hydrogen) atoms. The number of nitrogens with zero attached hydrogens (tertiary/aromatic N) is 2. The van der Waals surface area contributed by atoms with Crippen LogP contribution in [0.1, 0.15) is 22.8 Å². The van der Waals surface area contributed by atoms with Gasteiger partial charge in [0.2, 0.25) is 5.91 Å². The summed E-state index contributed by atoms with van der Waals surface area (Å²) in [6.45, 7) is 1.78. The predicted molar refractivity (Wildman–Crippen MR) is 183 cm³/mol. The van der Waals surface area contributed by atoms with E-state index in [-0.39, 0.29) is 11.6 Å². The van der Waals surface area contributed by atoms with Gasteiger partial charge in [0.15, 0.2) is 5.13 Å². The van der Waals surface area contributed by atoms with Crippen LogP contribution < -0.4 is 16.0 Å². The van der Waals surface area contributed by atoms with Crippen molar-refractivity contribution in [3.8, 4) is 11.3 Å². The van der Waals surface area contributed by atoms with Gasteiger partial charge in [-0.25, -0.2) is 4.98 Å². The number of thioether (sulfide) groups is 1. The number of rotatable bonds is 10. The average Bonchev–Trinajstić information content (AvgIpc) is 3.51. The Morgan fingerprint density at radius 1 is 0.911 bits per heavy atom. The van der Waals surface area contributed by atoms with Crippen LogP contribution in [0.15, 0.2) is 113 Å². The summed E-state index contributed by atoms with van der Waals surface area (Å²) in [7, 11) is 0. The van der Waals surface area contributed by atoms with Crippen molar-refractivity contribution in [3.63, 3.8) is 0 Å². The van der Waals surface area contributed by atoms with Crippen LogP contribution in [0.5, 0.6) is 0 Å². The summed E-state index contributed by atoms with van der Waals surface area (Å²) >= 11 is 14.8. The first-order valence-corrected chi connectivity index (χ1v) is 16.0. The number of nitrogens with one attached hydrogen (secondary N) is 3. The molecule has 2 aromatic heterocycles. The van der Waals surface area contributed by atoms with Gasteiger partial charge in [-0.2, -0.15) is 0 Å². The van der Waals surface area contributed by atoms with Gasteiger partial charge in [0.1, 0.15) is 5.70 Å². The van der Waals surface area contributed by atoms with Gasteiger partial charge in [0.05, 0.1) is 21.0 Å². The molecule has 226 valence electrons. The third-order valence-electron chi connectivity index (χ3n) is 6.25. The summed E-state index contributed by atoms with van der Waals surface area (Å²) in [4.78, 5) is 48.6. The molecular formula is C33H25Cl2N5O3S2. The van der Waals surface area contributed by atoms with Gasteiger partial charge in [0.25, 0.3) is 11.8 Å². The minimum Gasteiger partial charge on any atom is -0.321 e. The maximum atomic E-state index is 13.4. The van der Waals surface area contributed by atoms with Crippen LogP contribution in [0, 0.1) is 0 Å². The van der Waals surface area contributed by atoms with Crippen LogP contribution in [-0.4, -0.2) is 32.9 Å². The fourth-order valence-corrected chi connectivity index (χ4v) is 5.95. The lowest BCUT2D eigenvalue weighted by Gasteiger charge is -2.13. The molecule has 0 radical (unpaired) electrons. The standard InChI is InChI=1S/C33H25Cl2N5O3S2/c1-20(30(41)40-33-39-29(19-44-33)23-12-13-26(34)27(35)16-23)45-25-11-5-10-24(17-25)37-32(43)28(15-21-7-6-14-36-18-21)38-31(42)22-8-3-2-4-9-22/h2-20H,1H3,(H,37,43)(H,38,42)(H,39,40,41)/b28-15-. The molecule has 0 bridgehead atoms. The number of hydrogen-bond acceptors (Lipinski definition) is 7. The summed E-state index contributed by atoms with van der Waals surface area (Å²) in [6, 6.07) is 24.5. The average molecular weight is 675 g/mol. The maximum Gasteiger partial charge on any atom is 0.272 e. The molecule has 5 rings (SSSR count). The topological polar surface area (TPSA) is 113 Å². The minimum atomic E-state index is -0.516. The number of hydrogen-bond donors (Lipinski definition) is 3. The Labute approximate surface area is 277 Å². The summed E-state index contributed by atoms with van der Waals surface area (Å²) in [6.07, 6.45) is 4.77. The first kappa shape index (κ1) is 31.9. The van der Waals surface area contributed by atoms with E-state index in [1.54, 1.807) is 98.2 Å². The fourth-order valence-electron chi connectivity index (χ4n) is 4.00. The molecule has 3 amide bonds. The molecule has 0 saturated carbocycles. The van der Waals surface area contributed by atoms with Crippen molar-refractivity contribution in [2.24, 2.45) is 0 Å². The van der Waals surface area contributed by atoms with Crippen LogP contribution in [-0.2, 0) is 9.59 Å². The zero-order chi connectivity index (χ0) is 31.8. The molecule has 1 atom stereocenters. The Morgan fingerprint density at radius 3 is 2.49 bits per heavy atom. The van der Waals surface area contributed by atoms with E-state index in [4.69, 9.17) is 23.2 Å². The van der Waals surface area contributed by atoms with Crippen molar-refractivity contribution in [1.82, 2.24) is 15.3 Å². The Kier molecular flexibility index (Phi) is 10.6. The Hall–Kier alpha value is -4.48. The van der Waals surface area contributed by atoms with Crippen LogP contribution in [0.2, 0.25) is 10.0 Å². The van der Waals surface area contributed by atoms with Crippen LogP contribution in [0.4, 0.5) is 10.8 Å². The molecule has 12 heteroatoms. The van der Waals surface area contributed by atoms with Crippen molar-refractivity contribution < 1.29 is 14.4 Å². The number of halogens is 2. The number of benzene rings is 3. The summed E-state index contributed by atoms with van der Waals surface area (Å²) < 4.78 is 0. The molecule has 5 aromatic rings. The van der Waals surface area contributed by atoms with Gasteiger partial charge in [-0.3, -0.25) is 19.4 Å². The summed E-state index contributed by atoms with van der Waals surface area (Å²) in [5, 5.41) is 11.1. The highest BCUT2D eigenvalue weighted by Crippen LogP contribution is 2.31. The molecule has 2 heterocycles. The van der Waals surface area contributed by atoms with Crippen molar-refractivity contribution in [1.29, 1.82) is 0 Å². The summed E-state index contributed by atoms with van der Waals surface area (Å²) in [5.41, 5.74) is 3.07. The zero-order valence-electron chi connectivity index (χ0n) is 23.7. The smallest absolute Gasteiger partial charge is 0.272 e. The fraction of sp³-hybridized carbons (Fsp3) is 0.0606. The van der Waals surface area contributed by atoms with Gasteiger partial charge < -0.3 is 16.0 Å². The quantitative estimate of drug-likeness (QED) is 0.102. The molecular weight excluding hydrogens is 649 g/mol. The second-order valence-electron chi connectivity index (χ2n) is 9.56. The third kappa shape index (κ3) is 8.80. The van der Waals surface area contributed by atoms with Gasteiger partial charge in [-0.1, -0.05) is 59.6 Å². The van der Waals surface area contributed by atoms with Crippen molar-refractivity contribution >= 4 is 80.9 Å². The Balaban J connectivity index is 1.24. The number of aromatic nitrogens is 2. The molecule has 0 spiro atoms. The molecule has 0 aliphatic carbocycles. The van der Waals surface area contributed by atoms with E-state index in [0.717, 1.165) is 10.5 Å². The number of carbonyl (C=O) groups excluding carboxylic acids is 3. The number of carbonyl (C=O) groups is 3. The van der Waals surface area contributed by atoms with E-state index in [2.05, 4.69) is 25.9 Å². The highest BCUT2D eigenvalue weighted by molar-refractivity contribution is 8.00. The molecule has 3 N–H and O–H groups in total. The van der Waals surface area contributed by atoms with E-state index in [1.165, 1.54) is 23.1 Å². The van der Waals surface area contributed by atoms with Crippen molar-refractivity contribution in [2.45, 2.75) is 17.1 Å². The number of amides is 3. The lowest BCUT2D eigenvalue weighted by Crippen LogP contribution is -2.30.